The second-order valence-electron chi connectivity index (χ2n) is 5.78. The first-order chi connectivity index (χ1) is 12.4. The second kappa shape index (κ2) is 8.84. The van der Waals surface area contributed by atoms with Crippen molar-refractivity contribution in [3.05, 3.63) is 64.1 Å². The molecule has 0 aliphatic heterocycles. The number of hydrogen-bond acceptors (Lipinski definition) is 6. The normalized spacial score (nSPS) is 12.8. The van der Waals surface area contributed by atoms with Crippen molar-refractivity contribution in [2.45, 2.75) is 32.3 Å². The molecule has 138 valence electrons. The molecule has 26 heavy (non-hydrogen) atoms. The summed E-state index contributed by atoms with van der Waals surface area (Å²) in [6, 6.07) is 10.2. The monoisotopic (exact) mass is 359 g/mol. The maximum atomic E-state index is 11.8. The van der Waals surface area contributed by atoms with E-state index in [1.165, 1.54) is 26.1 Å². The summed E-state index contributed by atoms with van der Waals surface area (Å²) in [6.45, 7) is 2.62. The molecule has 1 aromatic heterocycles. The zero-order valence-corrected chi connectivity index (χ0v) is 14.6. The van der Waals surface area contributed by atoms with Crippen LogP contribution in [0.15, 0.2) is 47.4 Å². The molecule has 0 amide bonds. The third kappa shape index (κ3) is 4.95. The lowest BCUT2D eigenvalue weighted by Gasteiger charge is -2.27. The van der Waals surface area contributed by atoms with E-state index >= 15 is 0 Å². The average Bonchev–Trinajstić information content (AvgIpc) is 2.60. The minimum absolute atomic E-state index is 0.0426. The molecule has 7 heteroatoms. The number of carbonyl (C=O) groups excluding carboxylic acids is 2. The zero-order chi connectivity index (χ0) is 19.1. The molecule has 2 unspecified atom stereocenters. The number of benzene rings is 1. The summed E-state index contributed by atoms with van der Waals surface area (Å²) in [4.78, 5) is 37.4. The minimum atomic E-state index is -0.770. The highest BCUT2D eigenvalue weighted by molar-refractivity contribution is 5.66. The zero-order valence-electron chi connectivity index (χ0n) is 14.6. The first-order valence-electron chi connectivity index (χ1n) is 8.16. The van der Waals surface area contributed by atoms with Gasteiger partial charge in [-0.1, -0.05) is 30.3 Å². The quantitative estimate of drug-likeness (QED) is 0.736. The fraction of sp³-hybridized carbons (Fsp3) is 0.316. The Morgan fingerprint density at radius 3 is 2.42 bits per heavy atom. The molecule has 0 saturated heterocycles. The predicted octanol–water partition coefficient (Wildman–Crippen LogP) is 2.42. The summed E-state index contributed by atoms with van der Waals surface area (Å²) in [5.74, 6) is -2.02. The number of esters is 2. The highest BCUT2D eigenvalue weighted by Crippen LogP contribution is 2.38. The van der Waals surface area contributed by atoms with Gasteiger partial charge in [0.05, 0.1) is 12.3 Å². The van der Waals surface area contributed by atoms with E-state index in [0.29, 0.717) is 5.56 Å². The van der Waals surface area contributed by atoms with Crippen molar-refractivity contribution in [2.75, 3.05) is 6.61 Å². The van der Waals surface area contributed by atoms with Gasteiger partial charge in [-0.05, 0) is 12.0 Å². The summed E-state index contributed by atoms with van der Waals surface area (Å²) >= 11 is 0. The van der Waals surface area contributed by atoms with Crippen LogP contribution in [-0.4, -0.2) is 28.6 Å². The number of aromatic nitrogens is 1. The van der Waals surface area contributed by atoms with E-state index < -0.39 is 35.1 Å². The van der Waals surface area contributed by atoms with Gasteiger partial charge in [0, 0.05) is 32.0 Å². The fourth-order valence-corrected chi connectivity index (χ4v) is 2.75. The van der Waals surface area contributed by atoms with Crippen molar-refractivity contribution >= 4 is 11.9 Å². The van der Waals surface area contributed by atoms with E-state index in [4.69, 9.17) is 9.47 Å². The highest BCUT2D eigenvalue weighted by Gasteiger charge is 2.31. The molecule has 2 N–H and O–H groups in total. The molecule has 2 atom stereocenters. The lowest BCUT2D eigenvalue weighted by molar-refractivity contribution is -0.149. The summed E-state index contributed by atoms with van der Waals surface area (Å²) in [6.07, 6.45) is 0.875. The Morgan fingerprint density at radius 1 is 1.12 bits per heavy atom. The maximum Gasteiger partial charge on any atom is 0.303 e. The van der Waals surface area contributed by atoms with E-state index in [0.717, 1.165) is 0 Å². The second-order valence-corrected chi connectivity index (χ2v) is 5.78. The number of ether oxygens (including phenoxy) is 2. The van der Waals surface area contributed by atoms with Gasteiger partial charge in [-0.15, -0.1) is 0 Å². The molecular formula is C19H21NO6. The van der Waals surface area contributed by atoms with Crippen molar-refractivity contribution in [3.8, 4) is 5.75 Å². The van der Waals surface area contributed by atoms with E-state index in [9.17, 15) is 19.5 Å². The van der Waals surface area contributed by atoms with Crippen molar-refractivity contribution in [1.29, 1.82) is 0 Å². The van der Waals surface area contributed by atoms with Crippen LogP contribution < -0.4 is 5.43 Å². The van der Waals surface area contributed by atoms with Crippen molar-refractivity contribution < 1.29 is 24.2 Å². The molecule has 0 aliphatic rings. The number of hydrogen-bond donors (Lipinski definition) is 2. The predicted molar refractivity (Wildman–Crippen MR) is 93.7 cm³/mol. The van der Waals surface area contributed by atoms with Crippen molar-refractivity contribution in [1.82, 2.24) is 4.98 Å². The number of H-pyrrole nitrogens is 1. The van der Waals surface area contributed by atoms with E-state index in [-0.39, 0.29) is 18.7 Å². The summed E-state index contributed by atoms with van der Waals surface area (Å²) in [7, 11) is 0. The number of carbonyl (C=O) groups is 2. The molecule has 0 bridgehead atoms. The third-order valence-corrected chi connectivity index (χ3v) is 3.85. The first kappa shape index (κ1) is 19.2. The Hall–Kier alpha value is -3.09. The Morgan fingerprint density at radius 2 is 1.81 bits per heavy atom. The Balaban J connectivity index is 2.47. The highest BCUT2D eigenvalue weighted by atomic mass is 16.5. The topological polar surface area (TPSA) is 106 Å². The van der Waals surface area contributed by atoms with Crippen LogP contribution in [0.25, 0.3) is 0 Å². The molecule has 1 heterocycles. The third-order valence-electron chi connectivity index (χ3n) is 3.85. The van der Waals surface area contributed by atoms with Crippen LogP contribution in [0.3, 0.4) is 0 Å². The smallest absolute Gasteiger partial charge is 0.303 e. The maximum absolute atomic E-state index is 11.8. The van der Waals surface area contributed by atoms with Gasteiger partial charge in [0.2, 0.25) is 5.43 Å². The van der Waals surface area contributed by atoms with Gasteiger partial charge in [-0.25, -0.2) is 0 Å². The molecule has 0 radical (unpaired) electrons. The molecule has 0 fully saturated rings. The Labute approximate surface area is 150 Å². The molecule has 1 aromatic carbocycles. The van der Waals surface area contributed by atoms with Gasteiger partial charge in [0.1, 0.15) is 6.10 Å². The van der Waals surface area contributed by atoms with Gasteiger partial charge < -0.3 is 19.6 Å². The molecule has 0 aliphatic carbocycles. The van der Waals surface area contributed by atoms with Gasteiger partial charge >= 0.3 is 11.9 Å². The van der Waals surface area contributed by atoms with Gasteiger partial charge in [0.15, 0.2) is 5.75 Å². The molecule has 2 rings (SSSR count). The van der Waals surface area contributed by atoms with Crippen LogP contribution >= 0.6 is 0 Å². The first-order valence-corrected chi connectivity index (χ1v) is 8.16. The van der Waals surface area contributed by atoms with Crippen molar-refractivity contribution in [2.24, 2.45) is 0 Å². The molecule has 7 nitrogen and oxygen atoms in total. The Bertz CT molecular complexity index is 814. The van der Waals surface area contributed by atoms with Crippen LogP contribution in [0, 0.1) is 0 Å². The summed E-state index contributed by atoms with van der Waals surface area (Å²) in [5.41, 5.74) is 0.366. The largest absolute Gasteiger partial charge is 0.503 e. The lowest BCUT2D eigenvalue weighted by Crippen LogP contribution is -2.21. The van der Waals surface area contributed by atoms with Crippen LogP contribution in [0.4, 0.5) is 0 Å². The number of pyridine rings is 1. The van der Waals surface area contributed by atoms with Gasteiger partial charge in [-0.2, -0.15) is 0 Å². The number of aromatic amines is 1. The van der Waals surface area contributed by atoms with Crippen LogP contribution in [0.2, 0.25) is 0 Å². The van der Waals surface area contributed by atoms with Crippen LogP contribution in [-0.2, 0) is 19.1 Å². The standard InChI is InChI=1S/C19H21NO6/c1-12(21)25-11-9-15(17-18(24)16(23)8-10-20-17)19(26-13(2)22)14-6-4-3-5-7-14/h3-8,10,15,19,24H,9,11H2,1-2H3,(H,20,23). The van der Waals surface area contributed by atoms with Crippen molar-refractivity contribution in [3.63, 3.8) is 0 Å². The van der Waals surface area contributed by atoms with Crippen LogP contribution in [0.1, 0.15) is 43.5 Å². The van der Waals surface area contributed by atoms with Crippen LogP contribution in [0.5, 0.6) is 5.75 Å². The van der Waals surface area contributed by atoms with E-state index in [1.54, 1.807) is 24.3 Å². The molecule has 0 saturated carbocycles. The molecular weight excluding hydrogens is 338 g/mol. The van der Waals surface area contributed by atoms with Gasteiger partial charge in [0.25, 0.3) is 0 Å². The van der Waals surface area contributed by atoms with E-state index in [1.807, 2.05) is 6.07 Å². The molecule has 2 aromatic rings. The SMILES string of the molecule is CC(=O)OCCC(c1[nH]ccc(=O)c1O)C(OC(C)=O)c1ccccc1. The number of nitrogens with one attached hydrogen (secondary N) is 1. The minimum Gasteiger partial charge on any atom is -0.503 e. The molecule has 0 spiro atoms. The number of aromatic hydroxyl groups is 1. The average molecular weight is 359 g/mol. The summed E-state index contributed by atoms with van der Waals surface area (Å²) in [5, 5.41) is 10.2. The number of rotatable bonds is 7. The van der Waals surface area contributed by atoms with E-state index in [2.05, 4.69) is 4.98 Å². The Kier molecular flexibility index (Phi) is 6.54. The lowest BCUT2D eigenvalue weighted by atomic mass is 9.89. The van der Waals surface area contributed by atoms with Gasteiger partial charge in [-0.3, -0.25) is 14.4 Å². The summed E-state index contributed by atoms with van der Waals surface area (Å²) < 4.78 is 10.5. The fourth-order valence-electron chi connectivity index (χ4n) is 2.75.